The van der Waals surface area contributed by atoms with Gasteiger partial charge in [0.25, 0.3) is 0 Å². The summed E-state index contributed by atoms with van der Waals surface area (Å²) in [4.78, 5) is 11.6. The molecular formula is C15H13FO3S. The zero-order valence-electron chi connectivity index (χ0n) is 10.5. The Kier molecular flexibility index (Phi) is 4.63. The predicted molar refractivity (Wildman–Crippen MR) is 75.4 cm³/mol. The number of carboxylic acid groups (broad SMARTS) is 1. The Morgan fingerprint density at radius 2 is 1.80 bits per heavy atom. The average molecular weight is 292 g/mol. The van der Waals surface area contributed by atoms with Gasteiger partial charge in [0.1, 0.15) is 11.6 Å². The Labute approximate surface area is 120 Å². The summed E-state index contributed by atoms with van der Waals surface area (Å²) in [6, 6.07) is 12.5. The van der Waals surface area contributed by atoms with Gasteiger partial charge in [-0.3, -0.25) is 4.79 Å². The lowest BCUT2D eigenvalue weighted by Gasteiger charge is -2.15. The fourth-order valence-electron chi connectivity index (χ4n) is 1.77. The molecule has 104 valence electrons. The smallest absolute Gasteiger partial charge is 0.304 e. The standard InChI is InChI=1S/C15H13FO3S/c16-11-7-5-10(6-8-11)14(9-15(18)19)20-13-4-2-1-3-12(13)17/h1-8,14,17H,9H2,(H,18,19). The SMILES string of the molecule is O=C(O)CC(Sc1ccccc1O)c1ccc(F)cc1. The number of benzene rings is 2. The summed E-state index contributed by atoms with van der Waals surface area (Å²) >= 11 is 1.25. The Hall–Kier alpha value is -2.01. The first kappa shape index (κ1) is 14.4. The number of halogens is 1. The van der Waals surface area contributed by atoms with Crippen LogP contribution in [0.5, 0.6) is 5.75 Å². The number of aromatic hydroxyl groups is 1. The molecule has 0 aliphatic rings. The van der Waals surface area contributed by atoms with E-state index in [9.17, 15) is 14.3 Å². The van der Waals surface area contributed by atoms with Crippen LogP contribution in [0.3, 0.4) is 0 Å². The van der Waals surface area contributed by atoms with Gasteiger partial charge in [-0.25, -0.2) is 4.39 Å². The molecule has 0 spiro atoms. The van der Waals surface area contributed by atoms with E-state index >= 15 is 0 Å². The maximum atomic E-state index is 12.9. The van der Waals surface area contributed by atoms with E-state index in [0.29, 0.717) is 10.5 Å². The molecule has 0 fully saturated rings. The zero-order chi connectivity index (χ0) is 14.5. The van der Waals surface area contributed by atoms with Gasteiger partial charge in [-0.15, -0.1) is 11.8 Å². The number of carboxylic acids is 1. The topological polar surface area (TPSA) is 57.5 Å². The van der Waals surface area contributed by atoms with E-state index in [1.165, 1.54) is 23.9 Å². The number of phenolic OH excluding ortho intramolecular Hbond substituents is 1. The molecule has 0 heterocycles. The van der Waals surface area contributed by atoms with Gasteiger partial charge >= 0.3 is 5.97 Å². The summed E-state index contributed by atoms with van der Waals surface area (Å²) in [6.45, 7) is 0. The second-order valence-corrected chi connectivity index (χ2v) is 5.47. The largest absolute Gasteiger partial charge is 0.507 e. The summed E-state index contributed by atoms with van der Waals surface area (Å²) in [5, 5.41) is 18.4. The van der Waals surface area contributed by atoms with Crippen molar-refractivity contribution in [3.05, 3.63) is 59.9 Å². The Morgan fingerprint density at radius 3 is 2.40 bits per heavy atom. The Bertz CT molecular complexity index is 598. The van der Waals surface area contributed by atoms with Gasteiger partial charge in [-0.05, 0) is 29.8 Å². The van der Waals surface area contributed by atoms with Gasteiger partial charge in [0.2, 0.25) is 0 Å². The minimum atomic E-state index is -0.942. The van der Waals surface area contributed by atoms with Crippen molar-refractivity contribution in [2.24, 2.45) is 0 Å². The van der Waals surface area contributed by atoms with Crippen molar-refractivity contribution < 1.29 is 19.4 Å². The fraction of sp³-hybridized carbons (Fsp3) is 0.133. The molecule has 0 aliphatic carbocycles. The third kappa shape index (κ3) is 3.74. The highest BCUT2D eigenvalue weighted by Crippen LogP contribution is 2.41. The molecule has 0 amide bonds. The second-order valence-electron chi connectivity index (χ2n) is 4.22. The third-order valence-electron chi connectivity index (χ3n) is 2.74. The number of thioether (sulfide) groups is 1. The first-order valence-corrected chi connectivity index (χ1v) is 6.86. The molecule has 1 atom stereocenters. The number of phenols is 1. The molecular weight excluding hydrogens is 279 g/mol. The molecule has 0 radical (unpaired) electrons. The van der Waals surface area contributed by atoms with Crippen molar-refractivity contribution in [1.29, 1.82) is 0 Å². The van der Waals surface area contributed by atoms with Crippen LogP contribution in [0, 0.1) is 5.82 Å². The molecule has 0 saturated heterocycles. The molecule has 0 aromatic heterocycles. The molecule has 2 rings (SSSR count). The lowest BCUT2D eigenvalue weighted by atomic mass is 10.1. The van der Waals surface area contributed by atoms with Gasteiger partial charge in [0.05, 0.1) is 6.42 Å². The molecule has 2 aromatic carbocycles. The minimum absolute atomic E-state index is 0.106. The van der Waals surface area contributed by atoms with Gasteiger partial charge < -0.3 is 10.2 Å². The van der Waals surface area contributed by atoms with Crippen LogP contribution in [0.25, 0.3) is 0 Å². The van der Waals surface area contributed by atoms with E-state index in [1.54, 1.807) is 36.4 Å². The van der Waals surface area contributed by atoms with Crippen LogP contribution in [0.1, 0.15) is 17.2 Å². The molecule has 20 heavy (non-hydrogen) atoms. The highest BCUT2D eigenvalue weighted by molar-refractivity contribution is 7.99. The van der Waals surface area contributed by atoms with Crippen LogP contribution >= 0.6 is 11.8 Å². The molecule has 2 aromatic rings. The van der Waals surface area contributed by atoms with E-state index in [4.69, 9.17) is 5.11 Å². The number of rotatable bonds is 5. The number of carbonyl (C=O) groups is 1. The van der Waals surface area contributed by atoms with Gasteiger partial charge in [-0.2, -0.15) is 0 Å². The quantitative estimate of drug-likeness (QED) is 0.822. The zero-order valence-corrected chi connectivity index (χ0v) is 11.3. The van der Waals surface area contributed by atoms with Crippen LogP contribution in [0.15, 0.2) is 53.4 Å². The Morgan fingerprint density at radius 1 is 1.15 bits per heavy atom. The van der Waals surface area contributed by atoms with E-state index in [0.717, 1.165) is 0 Å². The van der Waals surface area contributed by atoms with Crippen molar-refractivity contribution in [1.82, 2.24) is 0 Å². The monoisotopic (exact) mass is 292 g/mol. The van der Waals surface area contributed by atoms with Crippen LogP contribution in [0.2, 0.25) is 0 Å². The van der Waals surface area contributed by atoms with Crippen LogP contribution in [-0.4, -0.2) is 16.2 Å². The van der Waals surface area contributed by atoms with Crippen LogP contribution in [-0.2, 0) is 4.79 Å². The van der Waals surface area contributed by atoms with Crippen molar-refractivity contribution in [2.45, 2.75) is 16.6 Å². The number of aliphatic carboxylic acids is 1. The summed E-state index contributed by atoms with van der Waals surface area (Å²) in [5.41, 5.74) is 0.710. The highest BCUT2D eigenvalue weighted by atomic mass is 32.2. The van der Waals surface area contributed by atoms with Crippen LogP contribution < -0.4 is 0 Å². The minimum Gasteiger partial charge on any atom is -0.507 e. The van der Waals surface area contributed by atoms with Crippen molar-refractivity contribution in [3.8, 4) is 5.75 Å². The summed E-state index contributed by atoms with van der Waals surface area (Å²) in [7, 11) is 0. The molecule has 0 saturated carbocycles. The fourth-order valence-corrected chi connectivity index (χ4v) is 2.95. The van der Waals surface area contributed by atoms with E-state index in [2.05, 4.69) is 0 Å². The van der Waals surface area contributed by atoms with Gasteiger partial charge in [0, 0.05) is 10.1 Å². The van der Waals surface area contributed by atoms with Gasteiger partial charge in [0.15, 0.2) is 0 Å². The number of para-hydroxylation sites is 1. The predicted octanol–water partition coefficient (Wildman–Crippen LogP) is 3.84. The molecule has 2 N–H and O–H groups in total. The summed E-state index contributed by atoms with van der Waals surface area (Å²) < 4.78 is 12.9. The first-order valence-electron chi connectivity index (χ1n) is 5.98. The normalized spacial score (nSPS) is 12.1. The summed E-state index contributed by atoms with van der Waals surface area (Å²) in [5.74, 6) is -1.20. The third-order valence-corrected chi connectivity index (χ3v) is 4.06. The van der Waals surface area contributed by atoms with E-state index in [-0.39, 0.29) is 23.2 Å². The molecule has 0 bridgehead atoms. The first-order chi connectivity index (χ1) is 9.56. The van der Waals surface area contributed by atoms with Crippen molar-refractivity contribution in [3.63, 3.8) is 0 Å². The maximum Gasteiger partial charge on any atom is 0.304 e. The van der Waals surface area contributed by atoms with Crippen molar-refractivity contribution >= 4 is 17.7 Å². The average Bonchev–Trinajstić information content (AvgIpc) is 2.41. The lowest BCUT2D eigenvalue weighted by molar-refractivity contribution is -0.137. The molecule has 0 aliphatic heterocycles. The van der Waals surface area contributed by atoms with Crippen LogP contribution in [0.4, 0.5) is 4.39 Å². The Balaban J connectivity index is 2.26. The van der Waals surface area contributed by atoms with E-state index < -0.39 is 5.97 Å². The van der Waals surface area contributed by atoms with Crippen molar-refractivity contribution in [2.75, 3.05) is 0 Å². The van der Waals surface area contributed by atoms with Gasteiger partial charge in [-0.1, -0.05) is 24.3 Å². The highest BCUT2D eigenvalue weighted by Gasteiger charge is 2.18. The maximum absolute atomic E-state index is 12.9. The molecule has 5 heteroatoms. The summed E-state index contributed by atoms with van der Waals surface area (Å²) in [6.07, 6.45) is -0.107. The molecule has 3 nitrogen and oxygen atoms in total. The van der Waals surface area contributed by atoms with E-state index in [1.807, 2.05) is 0 Å². The number of hydrogen-bond donors (Lipinski definition) is 2. The molecule has 1 unspecified atom stereocenters. The lowest BCUT2D eigenvalue weighted by Crippen LogP contribution is -2.03. The second kappa shape index (κ2) is 6.43. The number of hydrogen-bond acceptors (Lipinski definition) is 3.